The first-order valence-corrected chi connectivity index (χ1v) is 6.97. The second kappa shape index (κ2) is 5.31. The van der Waals surface area contributed by atoms with Crippen molar-refractivity contribution in [1.29, 1.82) is 0 Å². The Morgan fingerprint density at radius 2 is 2.06 bits per heavy atom. The van der Waals surface area contributed by atoms with Gasteiger partial charge < -0.3 is 5.11 Å². The Hall–Kier alpha value is -1.36. The lowest BCUT2D eigenvalue weighted by atomic mass is 10.2. The number of hydrogen-bond acceptors (Lipinski definition) is 3. The zero-order chi connectivity index (χ0) is 13.1. The summed E-state index contributed by atoms with van der Waals surface area (Å²) in [5.41, 5.74) is 0.798. The lowest BCUT2D eigenvalue weighted by Crippen LogP contribution is -2.30. The van der Waals surface area contributed by atoms with Gasteiger partial charge in [-0.25, -0.2) is 8.42 Å². The van der Waals surface area contributed by atoms with E-state index in [2.05, 4.69) is 0 Å². The molecule has 0 heterocycles. The third kappa shape index (κ3) is 3.06. The summed E-state index contributed by atoms with van der Waals surface area (Å²) in [4.78, 5) is 11.1. The summed E-state index contributed by atoms with van der Waals surface area (Å²) in [6, 6.07) is 6.33. The molecular formula is C12H16O4S. The molecule has 1 aromatic rings. The Morgan fingerprint density at radius 1 is 1.41 bits per heavy atom. The van der Waals surface area contributed by atoms with Crippen LogP contribution in [0.25, 0.3) is 0 Å². The van der Waals surface area contributed by atoms with Crippen molar-refractivity contribution in [1.82, 2.24) is 0 Å². The highest BCUT2D eigenvalue weighted by molar-refractivity contribution is 7.92. The van der Waals surface area contributed by atoms with E-state index in [4.69, 9.17) is 5.11 Å². The average molecular weight is 256 g/mol. The first-order chi connectivity index (χ1) is 7.89. The van der Waals surface area contributed by atoms with Crippen LogP contribution in [0, 0.1) is 6.92 Å². The maximum absolute atomic E-state index is 12.1. The zero-order valence-electron chi connectivity index (χ0n) is 9.88. The number of carboxylic acids is 1. The molecule has 0 amide bonds. The van der Waals surface area contributed by atoms with Crippen molar-refractivity contribution in [3.63, 3.8) is 0 Å². The molecular weight excluding hydrogens is 240 g/mol. The Balaban J connectivity index is 3.21. The number of sulfone groups is 1. The number of carboxylic acid groups (broad SMARTS) is 1. The van der Waals surface area contributed by atoms with Crippen LogP contribution in [0.2, 0.25) is 0 Å². The SMILES string of the molecule is CCCC(C(=O)O)S(=O)(=O)c1cccc(C)c1. The van der Waals surface area contributed by atoms with Gasteiger partial charge in [0, 0.05) is 0 Å². The maximum atomic E-state index is 12.1. The van der Waals surface area contributed by atoms with E-state index in [9.17, 15) is 13.2 Å². The quantitative estimate of drug-likeness (QED) is 0.874. The molecule has 0 aliphatic carbocycles. The van der Waals surface area contributed by atoms with Gasteiger partial charge in [0.1, 0.15) is 0 Å². The van der Waals surface area contributed by atoms with E-state index in [1.54, 1.807) is 26.0 Å². The minimum absolute atomic E-state index is 0.0818. The first-order valence-electron chi connectivity index (χ1n) is 5.43. The summed E-state index contributed by atoms with van der Waals surface area (Å²) in [5.74, 6) is -1.28. The highest BCUT2D eigenvalue weighted by atomic mass is 32.2. The van der Waals surface area contributed by atoms with Crippen molar-refractivity contribution in [3.8, 4) is 0 Å². The molecule has 1 aromatic carbocycles. The van der Waals surface area contributed by atoms with Gasteiger partial charge in [0.05, 0.1) is 4.90 Å². The molecule has 0 saturated carbocycles. The molecule has 94 valence electrons. The number of rotatable bonds is 5. The molecule has 0 aliphatic heterocycles. The van der Waals surface area contributed by atoms with Crippen LogP contribution >= 0.6 is 0 Å². The standard InChI is InChI=1S/C12H16O4S/c1-3-5-11(12(13)14)17(15,16)10-7-4-6-9(2)8-10/h4,6-8,11H,3,5H2,1-2H3,(H,13,14). The molecule has 5 heteroatoms. The van der Waals surface area contributed by atoms with Crippen LogP contribution in [0.15, 0.2) is 29.2 Å². The molecule has 0 saturated heterocycles. The van der Waals surface area contributed by atoms with Gasteiger partial charge in [0.15, 0.2) is 15.1 Å². The van der Waals surface area contributed by atoms with E-state index in [-0.39, 0.29) is 11.3 Å². The first kappa shape index (κ1) is 13.7. The summed E-state index contributed by atoms with van der Waals surface area (Å²) in [7, 11) is -3.78. The molecule has 0 bridgehead atoms. The summed E-state index contributed by atoms with van der Waals surface area (Å²) < 4.78 is 24.3. The number of benzene rings is 1. The predicted molar refractivity (Wildman–Crippen MR) is 64.7 cm³/mol. The number of aryl methyl sites for hydroxylation is 1. The Kier molecular flexibility index (Phi) is 4.28. The van der Waals surface area contributed by atoms with Crippen molar-refractivity contribution in [2.45, 2.75) is 36.8 Å². The van der Waals surface area contributed by atoms with Crippen LogP contribution in [-0.2, 0) is 14.6 Å². The topological polar surface area (TPSA) is 71.4 Å². The average Bonchev–Trinajstić information content (AvgIpc) is 2.25. The number of carbonyl (C=O) groups is 1. The molecule has 0 fully saturated rings. The van der Waals surface area contributed by atoms with E-state index >= 15 is 0 Å². The molecule has 0 aliphatic rings. The molecule has 0 aromatic heterocycles. The number of hydrogen-bond donors (Lipinski definition) is 1. The van der Waals surface area contributed by atoms with Crippen molar-refractivity contribution < 1.29 is 18.3 Å². The molecule has 0 spiro atoms. The van der Waals surface area contributed by atoms with Gasteiger partial charge in [-0.2, -0.15) is 0 Å². The maximum Gasteiger partial charge on any atom is 0.322 e. The van der Waals surface area contributed by atoms with Gasteiger partial charge in [-0.05, 0) is 31.0 Å². The summed E-state index contributed by atoms with van der Waals surface area (Å²) in [6.07, 6.45) is 0.646. The van der Waals surface area contributed by atoms with Crippen LogP contribution in [0.5, 0.6) is 0 Å². The van der Waals surface area contributed by atoms with Crippen molar-refractivity contribution in [3.05, 3.63) is 29.8 Å². The molecule has 1 rings (SSSR count). The normalized spacial score (nSPS) is 13.3. The van der Waals surface area contributed by atoms with Crippen LogP contribution in [0.3, 0.4) is 0 Å². The van der Waals surface area contributed by atoms with E-state index in [1.807, 2.05) is 0 Å². The summed E-state index contributed by atoms with van der Waals surface area (Å²) in [5, 5.41) is 7.64. The minimum Gasteiger partial charge on any atom is -0.480 e. The van der Waals surface area contributed by atoms with Gasteiger partial charge >= 0.3 is 5.97 Å². The van der Waals surface area contributed by atoms with E-state index in [0.717, 1.165) is 5.56 Å². The van der Waals surface area contributed by atoms with Gasteiger partial charge in [0.25, 0.3) is 0 Å². The van der Waals surface area contributed by atoms with Crippen molar-refractivity contribution >= 4 is 15.8 Å². The molecule has 1 unspecified atom stereocenters. The van der Waals surface area contributed by atoms with Gasteiger partial charge in [0.2, 0.25) is 0 Å². The third-order valence-corrected chi connectivity index (χ3v) is 4.62. The van der Waals surface area contributed by atoms with Crippen LogP contribution in [-0.4, -0.2) is 24.7 Å². The van der Waals surface area contributed by atoms with Gasteiger partial charge in [-0.3, -0.25) is 4.79 Å². The molecule has 4 nitrogen and oxygen atoms in total. The van der Waals surface area contributed by atoms with Crippen molar-refractivity contribution in [2.75, 3.05) is 0 Å². The highest BCUT2D eigenvalue weighted by Crippen LogP contribution is 2.20. The molecule has 1 N–H and O–H groups in total. The minimum atomic E-state index is -3.78. The molecule has 17 heavy (non-hydrogen) atoms. The molecule has 1 atom stereocenters. The Morgan fingerprint density at radius 3 is 2.53 bits per heavy atom. The zero-order valence-corrected chi connectivity index (χ0v) is 10.7. The Labute approximate surface area is 101 Å². The fourth-order valence-electron chi connectivity index (χ4n) is 1.63. The lowest BCUT2D eigenvalue weighted by molar-refractivity contribution is -0.136. The largest absolute Gasteiger partial charge is 0.480 e. The van der Waals surface area contributed by atoms with E-state index < -0.39 is 21.1 Å². The fourth-order valence-corrected chi connectivity index (χ4v) is 3.39. The van der Waals surface area contributed by atoms with Gasteiger partial charge in [-0.1, -0.05) is 25.5 Å². The monoisotopic (exact) mass is 256 g/mol. The van der Waals surface area contributed by atoms with Crippen LogP contribution in [0.1, 0.15) is 25.3 Å². The van der Waals surface area contributed by atoms with Crippen LogP contribution in [0.4, 0.5) is 0 Å². The van der Waals surface area contributed by atoms with Gasteiger partial charge in [-0.15, -0.1) is 0 Å². The van der Waals surface area contributed by atoms with E-state index in [0.29, 0.717) is 6.42 Å². The fraction of sp³-hybridized carbons (Fsp3) is 0.417. The number of aliphatic carboxylic acids is 1. The smallest absolute Gasteiger partial charge is 0.322 e. The van der Waals surface area contributed by atoms with E-state index in [1.165, 1.54) is 12.1 Å². The highest BCUT2D eigenvalue weighted by Gasteiger charge is 2.32. The second-order valence-corrected chi connectivity index (χ2v) is 6.11. The molecule has 0 radical (unpaired) electrons. The third-order valence-electron chi connectivity index (χ3n) is 2.52. The lowest BCUT2D eigenvalue weighted by Gasteiger charge is -2.12. The second-order valence-electron chi connectivity index (χ2n) is 3.98. The predicted octanol–water partition coefficient (Wildman–Crippen LogP) is 2.02. The Bertz CT molecular complexity index is 505. The summed E-state index contributed by atoms with van der Waals surface area (Å²) >= 11 is 0. The van der Waals surface area contributed by atoms with Crippen LogP contribution < -0.4 is 0 Å². The van der Waals surface area contributed by atoms with Crippen molar-refractivity contribution in [2.24, 2.45) is 0 Å². The summed E-state index contributed by atoms with van der Waals surface area (Å²) in [6.45, 7) is 3.54.